The van der Waals surface area contributed by atoms with Crippen LogP contribution in [0, 0.1) is 0 Å². The van der Waals surface area contributed by atoms with E-state index in [9.17, 15) is 4.79 Å². The van der Waals surface area contributed by atoms with Gasteiger partial charge in [0.1, 0.15) is 6.61 Å². The second kappa shape index (κ2) is 13.1. The summed E-state index contributed by atoms with van der Waals surface area (Å²) >= 11 is 0. The molecule has 8 nitrogen and oxygen atoms in total. The smallest absolute Gasteiger partial charge is 0.246 e. The van der Waals surface area contributed by atoms with Gasteiger partial charge < -0.3 is 30.3 Å². The average Bonchev–Trinajstić information content (AvgIpc) is 2.43. The number of nitrogens with zero attached hydrogens (tertiary/aromatic N) is 1. The fourth-order valence-electron chi connectivity index (χ4n) is 1.50. The molecule has 5 N–H and O–H groups in total. The minimum absolute atomic E-state index is 0.0413. The summed E-state index contributed by atoms with van der Waals surface area (Å²) in [6.07, 6.45) is 1.75. The van der Waals surface area contributed by atoms with Crippen LogP contribution in [0.5, 0.6) is 0 Å². The van der Waals surface area contributed by atoms with E-state index >= 15 is 0 Å². The van der Waals surface area contributed by atoms with Gasteiger partial charge in [-0.05, 0) is 27.7 Å². The van der Waals surface area contributed by atoms with E-state index in [0.717, 1.165) is 0 Å². The normalized spacial score (nSPS) is 12.0. The molecule has 0 spiro atoms. The number of nitrogens with one attached hydrogen (secondary N) is 1. The molecule has 0 aromatic heterocycles. The van der Waals surface area contributed by atoms with Gasteiger partial charge in [-0.15, -0.1) is 0 Å². The minimum atomic E-state index is -0.127. The number of carbonyl (C=O) groups excluding carboxylic acids is 1. The van der Waals surface area contributed by atoms with Crippen LogP contribution in [0.3, 0.4) is 0 Å². The van der Waals surface area contributed by atoms with Crippen molar-refractivity contribution in [3.8, 4) is 0 Å². The van der Waals surface area contributed by atoms with E-state index in [1.165, 1.54) is 5.01 Å². The molecule has 0 aliphatic heterocycles. The third-order valence-corrected chi connectivity index (χ3v) is 2.46. The van der Waals surface area contributed by atoms with Crippen molar-refractivity contribution >= 4 is 5.91 Å². The second-order valence-corrected chi connectivity index (χ2v) is 5.69. The molecule has 0 heterocycles. The molecule has 0 unspecified atom stereocenters. The Kier molecular flexibility index (Phi) is 12.4. The Balaban J connectivity index is 3.57. The third kappa shape index (κ3) is 15.3. The molecule has 0 aliphatic rings. The highest BCUT2D eigenvalue weighted by Crippen LogP contribution is 1.94. The fraction of sp³-hybridized carbons (Fsp3) is 0.800. The molecule has 0 radical (unpaired) electrons. The highest BCUT2D eigenvalue weighted by atomic mass is 16.5. The molecule has 0 aliphatic carbocycles. The maximum Gasteiger partial charge on any atom is 0.246 e. The van der Waals surface area contributed by atoms with Crippen LogP contribution in [0.15, 0.2) is 11.9 Å². The quantitative estimate of drug-likeness (QED) is 0.246. The van der Waals surface area contributed by atoms with Crippen LogP contribution in [0.25, 0.3) is 0 Å². The van der Waals surface area contributed by atoms with Gasteiger partial charge in [0.25, 0.3) is 0 Å². The van der Waals surface area contributed by atoms with Gasteiger partial charge in [0.15, 0.2) is 0 Å². The van der Waals surface area contributed by atoms with Crippen LogP contribution in [0.2, 0.25) is 0 Å². The highest BCUT2D eigenvalue weighted by Gasteiger charge is 2.03. The summed E-state index contributed by atoms with van der Waals surface area (Å²) in [6, 6.07) is 0.115. The maximum atomic E-state index is 11.3. The van der Waals surface area contributed by atoms with E-state index in [1.54, 1.807) is 6.20 Å². The van der Waals surface area contributed by atoms with Crippen molar-refractivity contribution in [2.24, 2.45) is 11.6 Å². The number of hydrogen-bond acceptors (Lipinski definition) is 7. The zero-order valence-electron chi connectivity index (χ0n) is 14.7. The molecule has 0 aromatic rings. The number of carbonyl (C=O) groups is 1. The number of nitrogens with two attached hydrogens (primary N) is 2. The Bertz CT molecular complexity index is 348. The Morgan fingerprint density at radius 2 is 1.78 bits per heavy atom. The molecule has 0 atom stereocenters. The first-order valence-electron chi connectivity index (χ1n) is 7.85. The van der Waals surface area contributed by atoms with Crippen LogP contribution in [0.1, 0.15) is 27.7 Å². The summed E-state index contributed by atoms with van der Waals surface area (Å²) in [4.78, 5) is 11.3. The predicted octanol–water partition coefficient (Wildman–Crippen LogP) is -0.0550. The fourth-order valence-corrected chi connectivity index (χ4v) is 1.50. The number of hydrogen-bond donors (Lipinski definition) is 3. The van der Waals surface area contributed by atoms with Crippen LogP contribution >= 0.6 is 0 Å². The van der Waals surface area contributed by atoms with Crippen molar-refractivity contribution < 1.29 is 19.0 Å². The van der Waals surface area contributed by atoms with E-state index in [0.29, 0.717) is 38.7 Å². The largest absolute Gasteiger partial charge is 0.399 e. The van der Waals surface area contributed by atoms with Crippen molar-refractivity contribution in [2.45, 2.75) is 39.8 Å². The van der Waals surface area contributed by atoms with Gasteiger partial charge >= 0.3 is 0 Å². The molecule has 136 valence electrons. The van der Waals surface area contributed by atoms with Crippen molar-refractivity contribution in [2.75, 3.05) is 39.6 Å². The van der Waals surface area contributed by atoms with Gasteiger partial charge in [0.05, 0.1) is 44.8 Å². The maximum absolute atomic E-state index is 11.3. The topological polar surface area (TPSA) is 112 Å². The SMILES string of the molecule is CC(C)NC(=O)COCCOCCN(N)/C=C(\N)COC(C)C. The van der Waals surface area contributed by atoms with Crippen molar-refractivity contribution in [3.05, 3.63) is 11.9 Å². The molecule has 0 bridgehead atoms. The van der Waals surface area contributed by atoms with Gasteiger partial charge in [-0.2, -0.15) is 0 Å². The van der Waals surface area contributed by atoms with Crippen molar-refractivity contribution in [3.63, 3.8) is 0 Å². The molecule has 23 heavy (non-hydrogen) atoms. The van der Waals surface area contributed by atoms with Gasteiger partial charge in [0.2, 0.25) is 5.91 Å². The van der Waals surface area contributed by atoms with Crippen molar-refractivity contribution in [1.82, 2.24) is 10.3 Å². The molecule has 0 fully saturated rings. The van der Waals surface area contributed by atoms with Gasteiger partial charge in [-0.25, -0.2) is 5.84 Å². The number of ether oxygens (including phenoxy) is 3. The minimum Gasteiger partial charge on any atom is -0.399 e. The van der Waals surface area contributed by atoms with Gasteiger partial charge in [-0.3, -0.25) is 4.79 Å². The second-order valence-electron chi connectivity index (χ2n) is 5.69. The first kappa shape index (κ1) is 21.6. The molecule has 0 saturated carbocycles. The standard InChI is InChI=1S/C15H32N4O4/c1-12(2)18-15(20)11-22-8-7-21-6-5-19(17)9-14(16)10-23-13(3)4/h9,12-13H,5-8,10-11,16-17H2,1-4H3,(H,18,20)/b14-9-. The molecular formula is C15H32N4O4. The zero-order valence-corrected chi connectivity index (χ0v) is 14.7. The van der Waals surface area contributed by atoms with Crippen LogP contribution in [-0.2, 0) is 19.0 Å². The highest BCUT2D eigenvalue weighted by molar-refractivity contribution is 5.77. The monoisotopic (exact) mass is 332 g/mol. The lowest BCUT2D eigenvalue weighted by Crippen LogP contribution is -2.33. The summed E-state index contributed by atoms with van der Waals surface area (Å²) in [5.41, 5.74) is 6.33. The van der Waals surface area contributed by atoms with E-state index in [-0.39, 0.29) is 24.7 Å². The average molecular weight is 332 g/mol. The van der Waals surface area contributed by atoms with E-state index in [4.69, 9.17) is 25.8 Å². The number of amides is 1. The van der Waals surface area contributed by atoms with Crippen LogP contribution < -0.4 is 16.9 Å². The van der Waals surface area contributed by atoms with Crippen LogP contribution in [0.4, 0.5) is 0 Å². The van der Waals surface area contributed by atoms with Gasteiger partial charge in [0, 0.05) is 12.2 Å². The number of rotatable bonds is 13. The molecule has 1 amide bonds. The number of hydrazine groups is 1. The van der Waals surface area contributed by atoms with E-state index in [2.05, 4.69) is 5.32 Å². The summed E-state index contributed by atoms with van der Waals surface area (Å²) in [5.74, 6) is 5.64. The Hall–Kier alpha value is -1.35. The van der Waals surface area contributed by atoms with Crippen LogP contribution in [-0.4, -0.2) is 62.6 Å². The molecular weight excluding hydrogens is 300 g/mol. The summed E-state index contributed by atoms with van der Waals surface area (Å²) in [5, 5.41) is 4.19. The summed E-state index contributed by atoms with van der Waals surface area (Å²) in [6.45, 7) is 9.76. The molecule has 0 rings (SSSR count). The van der Waals surface area contributed by atoms with Crippen molar-refractivity contribution in [1.29, 1.82) is 0 Å². The predicted molar refractivity (Wildman–Crippen MR) is 89.2 cm³/mol. The Labute approximate surface area is 139 Å². The lowest BCUT2D eigenvalue weighted by atomic mass is 10.4. The Morgan fingerprint density at radius 1 is 1.13 bits per heavy atom. The van der Waals surface area contributed by atoms with E-state index in [1.807, 2.05) is 27.7 Å². The molecule has 0 saturated heterocycles. The van der Waals surface area contributed by atoms with Gasteiger partial charge in [-0.1, -0.05) is 0 Å². The first-order valence-corrected chi connectivity index (χ1v) is 7.85. The first-order chi connectivity index (χ1) is 10.8. The summed E-state index contributed by atoms with van der Waals surface area (Å²) < 4.78 is 15.9. The Morgan fingerprint density at radius 3 is 2.39 bits per heavy atom. The zero-order chi connectivity index (χ0) is 17.7. The van der Waals surface area contributed by atoms with E-state index < -0.39 is 0 Å². The molecule has 0 aromatic carbocycles. The summed E-state index contributed by atoms with van der Waals surface area (Å²) in [7, 11) is 0. The molecule has 8 heteroatoms. The lowest BCUT2D eigenvalue weighted by Gasteiger charge is -2.16. The third-order valence-electron chi connectivity index (χ3n) is 2.46. The lowest BCUT2D eigenvalue weighted by molar-refractivity contribution is -0.126.